The smallest absolute Gasteiger partial charge is 0.350 e. The molecule has 2 atom stereocenters. The molecule has 1 aromatic heterocycles. The molecule has 4 rings (SSSR count). The standard InChI is InChI=1S/C25H21ClF3N3O2/c1-15(17-7-9-18(26)10-8-17)14-32-22(19-4-2-3-5-20(19)24(32)34)23(33)31-13-16-6-11-21(30-12-16)25(27,28)29/h2-12,15,22H,13-14H2,1H3,(H,31,33). The number of rotatable bonds is 6. The van der Waals surface area contributed by atoms with E-state index < -0.39 is 23.8 Å². The number of aromatic nitrogens is 1. The highest BCUT2D eigenvalue weighted by Gasteiger charge is 2.41. The molecule has 34 heavy (non-hydrogen) atoms. The molecule has 2 amide bonds. The van der Waals surface area contributed by atoms with E-state index in [-0.39, 0.29) is 18.4 Å². The number of nitrogens with zero attached hydrogens (tertiary/aromatic N) is 2. The highest BCUT2D eigenvalue weighted by atomic mass is 35.5. The summed E-state index contributed by atoms with van der Waals surface area (Å²) in [7, 11) is 0. The quantitative estimate of drug-likeness (QED) is 0.508. The van der Waals surface area contributed by atoms with E-state index in [1.54, 1.807) is 36.4 Å². The zero-order chi connectivity index (χ0) is 24.5. The number of amides is 2. The van der Waals surface area contributed by atoms with Gasteiger partial charge >= 0.3 is 6.18 Å². The first kappa shape index (κ1) is 23.8. The second-order valence-electron chi connectivity index (χ2n) is 8.17. The summed E-state index contributed by atoms with van der Waals surface area (Å²) in [4.78, 5) is 31.3. The first-order valence-electron chi connectivity index (χ1n) is 10.6. The Morgan fingerprint density at radius 2 is 1.82 bits per heavy atom. The molecule has 1 aliphatic heterocycles. The van der Waals surface area contributed by atoms with Gasteiger partial charge in [0.2, 0.25) is 5.91 Å². The Labute approximate surface area is 199 Å². The maximum absolute atomic E-state index is 13.2. The molecule has 3 aromatic rings. The van der Waals surface area contributed by atoms with Gasteiger partial charge in [-0.15, -0.1) is 0 Å². The third-order valence-electron chi connectivity index (χ3n) is 5.80. The van der Waals surface area contributed by atoms with Gasteiger partial charge in [0.25, 0.3) is 5.91 Å². The second-order valence-corrected chi connectivity index (χ2v) is 8.60. The molecule has 0 spiro atoms. The van der Waals surface area contributed by atoms with Crippen molar-refractivity contribution in [2.24, 2.45) is 0 Å². The molecule has 2 heterocycles. The number of alkyl halides is 3. The predicted molar refractivity (Wildman–Crippen MR) is 121 cm³/mol. The Kier molecular flexibility index (Phi) is 6.61. The van der Waals surface area contributed by atoms with Gasteiger partial charge in [-0.1, -0.05) is 54.9 Å². The van der Waals surface area contributed by atoms with Crippen molar-refractivity contribution in [2.75, 3.05) is 6.54 Å². The number of fused-ring (bicyclic) bond motifs is 1. The summed E-state index contributed by atoms with van der Waals surface area (Å²) in [5, 5.41) is 3.35. The topological polar surface area (TPSA) is 62.3 Å². The van der Waals surface area contributed by atoms with Gasteiger partial charge in [-0.05, 0) is 46.9 Å². The Morgan fingerprint density at radius 3 is 2.47 bits per heavy atom. The highest BCUT2D eigenvalue weighted by Crippen LogP contribution is 2.36. The van der Waals surface area contributed by atoms with Crippen molar-refractivity contribution in [2.45, 2.75) is 31.6 Å². The molecular weight excluding hydrogens is 467 g/mol. The Hall–Kier alpha value is -3.39. The van der Waals surface area contributed by atoms with Gasteiger partial charge in [0.15, 0.2) is 0 Å². The molecule has 0 saturated carbocycles. The molecule has 1 N–H and O–H groups in total. The van der Waals surface area contributed by atoms with Crippen LogP contribution in [0, 0.1) is 0 Å². The number of hydrogen-bond acceptors (Lipinski definition) is 3. The average molecular weight is 488 g/mol. The molecule has 1 aliphatic rings. The van der Waals surface area contributed by atoms with Gasteiger partial charge in [0.05, 0.1) is 0 Å². The minimum absolute atomic E-state index is 0.0165. The minimum Gasteiger partial charge on any atom is -0.350 e. The molecule has 0 radical (unpaired) electrons. The molecule has 5 nitrogen and oxygen atoms in total. The van der Waals surface area contributed by atoms with Crippen molar-refractivity contribution in [1.29, 1.82) is 0 Å². The van der Waals surface area contributed by atoms with Gasteiger partial charge in [-0.2, -0.15) is 13.2 Å². The normalized spacial score (nSPS) is 16.3. The fraction of sp³-hybridized carbons (Fsp3) is 0.240. The lowest BCUT2D eigenvalue weighted by atomic mass is 9.99. The maximum Gasteiger partial charge on any atom is 0.433 e. The monoisotopic (exact) mass is 487 g/mol. The summed E-state index contributed by atoms with van der Waals surface area (Å²) in [5.74, 6) is -0.723. The molecular formula is C25H21ClF3N3O2. The van der Waals surface area contributed by atoms with E-state index in [0.29, 0.717) is 28.3 Å². The number of hydrogen-bond donors (Lipinski definition) is 1. The first-order chi connectivity index (χ1) is 16.1. The van der Waals surface area contributed by atoms with Crippen molar-refractivity contribution in [3.63, 3.8) is 0 Å². The van der Waals surface area contributed by atoms with Crippen LogP contribution in [0.2, 0.25) is 5.02 Å². The van der Waals surface area contributed by atoms with Gasteiger partial charge in [-0.25, -0.2) is 0 Å². The zero-order valence-electron chi connectivity index (χ0n) is 18.1. The van der Waals surface area contributed by atoms with Gasteiger partial charge in [0, 0.05) is 29.9 Å². The fourth-order valence-corrected chi connectivity index (χ4v) is 4.14. The molecule has 0 aliphatic carbocycles. The molecule has 2 unspecified atom stereocenters. The third kappa shape index (κ3) is 4.92. The van der Waals surface area contributed by atoms with Crippen LogP contribution in [0.25, 0.3) is 0 Å². The van der Waals surface area contributed by atoms with Crippen LogP contribution in [-0.4, -0.2) is 28.2 Å². The van der Waals surface area contributed by atoms with Crippen molar-refractivity contribution < 1.29 is 22.8 Å². The van der Waals surface area contributed by atoms with E-state index in [1.165, 1.54) is 11.0 Å². The summed E-state index contributed by atoms with van der Waals surface area (Å²) in [6.45, 7) is 2.24. The van der Waals surface area contributed by atoms with Gasteiger partial charge in [-0.3, -0.25) is 14.6 Å². The van der Waals surface area contributed by atoms with Crippen molar-refractivity contribution >= 4 is 23.4 Å². The van der Waals surface area contributed by atoms with E-state index >= 15 is 0 Å². The van der Waals surface area contributed by atoms with Crippen molar-refractivity contribution in [1.82, 2.24) is 15.2 Å². The number of pyridine rings is 1. The summed E-state index contributed by atoms with van der Waals surface area (Å²) < 4.78 is 38.2. The van der Waals surface area contributed by atoms with Gasteiger partial charge in [0.1, 0.15) is 11.7 Å². The van der Waals surface area contributed by atoms with Crippen LogP contribution in [0.4, 0.5) is 13.2 Å². The van der Waals surface area contributed by atoms with E-state index in [9.17, 15) is 22.8 Å². The van der Waals surface area contributed by atoms with E-state index in [1.807, 2.05) is 19.1 Å². The first-order valence-corrected chi connectivity index (χ1v) is 11.0. The number of carbonyl (C=O) groups excluding carboxylic acids is 2. The van der Waals surface area contributed by atoms with E-state index in [0.717, 1.165) is 17.8 Å². The Balaban J connectivity index is 1.52. The lowest BCUT2D eigenvalue weighted by Crippen LogP contribution is -2.40. The SMILES string of the molecule is CC(CN1C(=O)c2ccccc2C1C(=O)NCc1ccc(C(F)(F)F)nc1)c1ccc(Cl)cc1. The van der Waals surface area contributed by atoms with Crippen LogP contribution in [0.1, 0.15) is 51.6 Å². The second kappa shape index (κ2) is 9.46. The zero-order valence-corrected chi connectivity index (χ0v) is 18.9. The lowest BCUT2D eigenvalue weighted by molar-refractivity contribution is -0.141. The largest absolute Gasteiger partial charge is 0.433 e. The van der Waals surface area contributed by atoms with E-state index in [2.05, 4.69) is 10.3 Å². The van der Waals surface area contributed by atoms with Crippen LogP contribution < -0.4 is 5.32 Å². The van der Waals surface area contributed by atoms with Crippen LogP contribution in [-0.2, 0) is 17.5 Å². The molecule has 176 valence electrons. The lowest BCUT2D eigenvalue weighted by Gasteiger charge is -2.27. The number of carbonyl (C=O) groups is 2. The Morgan fingerprint density at radius 1 is 1.12 bits per heavy atom. The minimum atomic E-state index is -4.53. The number of benzene rings is 2. The van der Waals surface area contributed by atoms with Gasteiger partial charge < -0.3 is 10.2 Å². The predicted octanol–water partition coefficient (Wildman–Crippen LogP) is 5.37. The Bertz CT molecular complexity index is 1200. The van der Waals surface area contributed by atoms with Crippen molar-refractivity contribution in [3.8, 4) is 0 Å². The van der Waals surface area contributed by atoms with E-state index in [4.69, 9.17) is 11.6 Å². The van der Waals surface area contributed by atoms with Crippen LogP contribution in [0.5, 0.6) is 0 Å². The molecule has 0 bridgehead atoms. The molecule has 2 aromatic carbocycles. The summed E-state index contributed by atoms with van der Waals surface area (Å²) >= 11 is 5.97. The molecule has 0 fully saturated rings. The number of nitrogens with one attached hydrogen (secondary N) is 1. The summed E-state index contributed by atoms with van der Waals surface area (Å²) in [6, 6.07) is 15.5. The average Bonchev–Trinajstić information content (AvgIpc) is 3.09. The fourth-order valence-electron chi connectivity index (χ4n) is 4.02. The maximum atomic E-state index is 13.2. The number of halogens is 4. The summed E-state index contributed by atoms with van der Waals surface area (Å²) in [5.41, 5.74) is 1.45. The van der Waals surface area contributed by atoms with Crippen LogP contribution >= 0.6 is 11.6 Å². The third-order valence-corrected chi connectivity index (χ3v) is 6.05. The van der Waals surface area contributed by atoms with Crippen molar-refractivity contribution in [3.05, 3.63) is 99.8 Å². The molecule has 0 saturated heterocycles. The van der Waals surface area contributed by atoms with Crippen LogP contribution in [0.3, 0.4) is 0 Å². The summed E-state index contributed by atoms with van der Waals surface area (Å²) in [6.07, 6.45) is -3.45. The van der Waals surface area contributed by atoms with Crippen LogP contribution in [0.15, 0.2) is 66.9 Å². The highest BCUT2D eigenvalue weighted by molar-refractivity contribution is 6.30. The molecule has 9 heteroatoms.